The number of aliphatic hydroxyl groups is 4. The normalized spacial score (nSPS) is 35.1. The van der Waals surface area contributed by atoms with Crippen LogP contribution >= 0.6 is 0 Å². The van der Waals surface area contributed by atoms with Gasteiger partial charge in [0.2, 0.25) is 6.29 Å². The van der Waals surface area contributed by atoms with Gasteiger partial charge in [-0.05, 0) is 24.3 Å². The van der Waals surface area contributed by atoms with Gasteiger partial charge in [-0.1, -0.05) is 0 Å². The average molecular weight is 274 g/mol. The smallest absolute Gasteiger partial charge is 0.229 e. The molecule has 2 rings (SSSR count). The first-order valence-electron chi connectivity index (χ1n) is 5.75. The monoisotopic (exact) mass is 274 g/mol. The molecule has 1 saturated heterocycles. The minimum absolute atomic E-state index is 0.228. The van der Waals surface area contributed by atoms with Crippen molar-refractivity contribution in [3.05, 3.63) is 30.1 Å². The predicted octanol–water partition coefficient (Wildman–Crippen LogP) is -0.996. The van der Waals surface area contributed by atoms with Crippen LogP contribution in [0.25, 0.3) is 0 Å². The molecule has 7 heteroatoms. The van der Waals surface area contributed by atoms with E-state index in [2.05, 4.69) is 0 Å². The van der Waals surface area contributed by atoms with Gasteiger partial charge in [-0.15, -0.1) is 0 Å². The zero-order valence-electron chi connectivity index (χ0n) is 9.89. The third kappa shape index (κ3) is 3.02. The van der Waals surface area contributed by atoms with Gasteiger partial charge in [-0.25, -0.2) is 4.39 Å². The van der Waals surface area contributed by atoms with Crippen molar-refractivity contribution in [2.45, 2.75) is 30.7 Å². The van der Waals surface area contributed by atoms with Gasteiger partial charge >= 0.3 is 0 Å². The maximum absolute atomic E-state index is 12.7. The minimum Gasteiger partial charge on any atom is -0.462 e. The lowest BCUT2D eigenvalue weighted by Crippen LogP contribution is -2.60. The fraction of sp³-hybridized carbons (Fsp3) is 0.500. The molecule has 0 saturated carbocycles. The lowest BCUT2D eigenvalue weighted by Gasteiger charge is -2.39. The zero-order valence-corrected chi connectivity index (χ0v) is 9.89. The van der Waals surface area contributed by atoms with Gasteiger partial charge in [-0.3, -0.25) is 0 Å². The molecule has 0 aromatic heterocycles. The van der Waals surface area contributed by atoms with Crippen LogP contribution in [0.3, 0.4) is 0 Å². The summed E-state index contributed by atoms with van der Waals surface area (Å²) >= 11 is 0. The van der Waals surface area contributed by atoms with Gasteiger partial charge in [0.15, 0.2) is 0 Å². The Balaban J connectivity index is 2.08. The van der Waals surface area contributed by atoms with Crippen LogP contribution in [0, 0.1) is 5.82 Å². The van der Waals surface area contributed by atoms with Gasteiger partial charge in [0.1, 0.15) is 36.0 Å². The molecule has 5 atom stereocenters. The Labute approximate surface area is 108 Å². The summed E-state index contributed by atoms with van der Waals surface area (Å²) in [5, 5.41) is 37.9. The molecule has 0 spiro atoms. The second-order valence-corrected chi connectivity index (χ2v) is 4.27. The second-order valence-electron chi connectivity index (χ2n) is 4.27. The molecule has 6 nitrogen and oxygen atoms in total. The number of ether oxygens (including phenoxy) is 2. The molecule has 0 aliphatic carbocycles. The van der Waals surface area contributed by atoms with Crippen molar-refractivity contribution >= 4 is 0 Å². The Morgan fingerprint density at radius 3 is 2.26 bits per heavy atom. The van der Waals surface area contributed by atoms with Crippen LogP contribution in [0.2, 0.25) is 0 Å². The number of aliphatic hydroxyl groups excluding tert-OH is 4. The summed E-state index contributed by atoms with van der Waals surface area (Å²) in [6.07, 6.45) is -6.72. The van der Waals surface area contributed by atoms with E-state index in [4.69, 9.17) is 14.6 Å². The summed E-state index contributed by atoms with van der Waals surface area (Å²) in [6, 6.07) is 4.99. The van der Waals surface area contributed by atoms with Crippen LogP contribution in [0.4, 0.5) is 4.39 Å². The highest BCUT2D eigenvalue weighted by atomic mass is 19.1. The molecular weight excluding hydrogens is 259 g/mol. The molecule has 1 aliphatic heterocycles. The summed E-state index contributed by atoms with van der Waals surface area (Å²) in [4.78, 5) is 0. The molecule has 106 valence electrons. The molecule has 19 heavy (non-hydrogen) atoms. The quantitative estimate of drug-likeness (QED) is 0.564. The molecule has 1 aromatic carbocycles. The van der Waals surface area contributed by atoms with Gasteiger partial charge in [0, 0.05) is 0 Å². The zero-order chi connectivity index (χ0) is 14.0. The van der Waals surface area contributed by atoms with Crippen molar-refractivity contribution in [1.29, 1.82) is 0 Å². The van der Waals surface area contributed by atoms with Crippen LogP contribution in [0.5, 0.6) is 5.75 Å². The maximum Gasteiger partial charge on any atom is 0.229 e. The van der Waals surface area contributed by atoms with E-state index >= 15 is 0 Å². The molecular formula is C12H15FO6. The number of hydrogen-bond donors (Lipinski definition) is 4. The third-order valence-corrected chi connectivity index (χ3v) is 2.91. The van der Waals surface area contributed by atoms with Gasteiger partial charge < -0.3 is 29.9 Å². The van der Waals surface area contributed by atoms with Gasteiger partial charge in [-0.2, -0.15) is 0 Å². The van der Waals surface area contributed by atoms with Crippen LogP contribution in [0.15, 0.2) is 24.3 Å². The largest absolute Gasteiger partial charge is 0.462 e. The van der Waals surface area contributed by atoms with Gasteiger partial charge in [0.05, 0.1) is 6.61 Å². The van der Waals surface area contributed by atoms with Crippen molar-refractivity contribution in [2.24, 2.45) is 0 Å². The van der Waals surface area contributed by atoms with E-state index in [1.54, 1.807) is 0 Å². The van der Waals surface area contributed by atoms with Crippen LogP contribution in [0.1, 0.15) is 0 Å². The summed E-state index contributed by atoms with van der Waals surface area (Å²) < 4.78 is 23.1. The predicted molar refractivity (Wildman–Crippen MR) is 60.8 cm³/mol. The molecule has 1 aliphatic rings. The Morgan fingerprint density at radius 1 is 1.05 bits per heavy atom. The highest BCUT2D eigenvalue weighted by Gasteiger charge is 2.44. The average Bonchev–Trinajstić information content (AvgIpc) is 2.42. The molecule has 1 fully saturated rings. The van der Waals surface area contributed by atoms with Crippen LogP contribution < -0.4 is 4.74 Å². The van der Waals surface area contributed by atoms with Crippen LogP contribution in [-0.2, 0) is 4.74 Å². The Bertz CT molecular complexity index is 409. The highest BCUT2D eigenvalue weighted by molar-refractivity contribution is 5.22. The van der Waals surface area contributed by atoms with Gasteiger partial charge in [0.25, 0.3) is 0 Å². The molecule has 0 radical (unpaired) electrons. The van der Waals surface area contributed by atoms with Crippen molar-refractivity contribution in [1.82, 2.24) is 0 Å². The first-order chi connectivity index (χ1) is 9.02. The van der Waals surface area contributed by atoms with E-state index < -0.39 is 43.1 Å². The molecule has 0 unspecified atom stereocenters. The van der Waals surface area contributed by atoms with E-state index in [-0.39, 0.29) is 5.75 Å². The van der Waals surface area contributed by atoms with Crippen molar-refractivity contribution < 1.29 is 34.3 Å². The number of halogens is 1. The summed E-state index contributed by atoms with van der Waals surface area (Å²) in [5.74, 6) is -0.216. The number of benzene rings is 1. The van der Waals surface area contributed by atoms with Crippen molar-refractivity contribution in [3.8, 4) is 5.75 Å². The SMILES string of the molecule is OC[C@H]1O[C@@H](Oc2ccc(F)cc2)[C@H](O)[C@@H](O)[C@H]1O. The van der Waals surface area contributed by atoms with Crippen molar-refractivity contribution in [3.63, 3.8) is 0 Å². The molecule has 1 heterocycles. The Morgan fingerprint density at radius 2 is 1.68 bits per heavy atom. The first kappa shape index (κ1) is 14.2. The van der Waals surface area contributed by atoms with E-state index in [0.717, 1.165) is 0 Å². The fourth-order valence-corrected chi connectivity index (χ4v) is 1.81. The second kappa shape index (κ2) is 5.81. The molecule has 1 aromatic rings. The van der Waals surface area contributed by atoms with E-state index in [1.165, 1.54) is 24.3 Å². The lowest BCUT2D eigenvalue weighted by atomic mass is 9.99. The number of rotatable bonds is 3. The van der Waals surface area contributed by atoms with E-state index in [0.29, 0.717) is 0 Å². The maximum atomic E-state index is 12.7. The lowest BCUT2D eigenvalue weighted by molar-refractivity contribution is -0.277. The third-order valence-electron chi connectivity index (χ3n) is 2.91. The first-order valence-corrected chi connectivity index (χ1v) is 5.75. The highest BCUT2D eigenvalue weighted by Crippen LogP contribution is 2.24. The molecule has 4 N–H and O–H groups in total. The molecule has 0 amide bonds. The fourth-order valence-electron chi connectivity index (χ4n) is 1.81. The minimum atomic E-state index is -1.50. The van der Waals surface area contributed by atoms with E-state index in [1.807, 2.05) is 0 Å². The summed E-state index contributed by atoms with van der Waals surface area (Å²) in [5.41, 5.74) is 0. The van der Waals surface area contributed by atoms with Crippen molar-refractivity contribution in [2.75, 3.05) is 6.61 Å². The molecule has 0 bridgehead atoms. The summed E-state index contributed by atoms with van der Waals surface area (Å²) in [7, 11) is 0. The Hall–Kier alpha value is -1.25. The number of hydrogen-bond acceptors (Lipinski definition) is 6. The topological polar surface area (TPSA) is 99.4 Å². The van der Waals surface area contributed by atoms with Crippen LogP contribution in [-0.4, -0.2) is 57.7 Å². The summed E-state index contributed by atoms with van der Waals surface area (Å²) in [6.45, 7) is -0.534. The Kier molecular flexibility index (Phi) is 4.33. The standard InChI is InChI=1S/C12H15FO6/c13-6-1-3-7(4-2-6)18-12-11(17)10(16)9(15)8(5-14)19-12/h1-4,8-12,14-17H,5H2/t8-,9+,10+,11-,12-/m1/s1. The van der Waals surface area contributed by atoms with E-state index in [9.17, 15) is 19.7 Å².